The van der Waals surface area contributed by atoms with Gasteiger partial charge in [0.1, 0.15) is 11.5 Å². The Morgan fingerprint density at radius 2 is 1.47 bits per heavy atom. The lowest BCUT2D eigenvalue weighted by molar-refractivity contribution is -0.137. The molecule has 3 aromatic rings. The van der Waals surface area contributed by atoms with E-state index < -0.39 is 29.4 Å². The van der Waals surface area contributed by atoms with Crippen LogP contribution in [0.5, 0.6) is 0 Å². The number of nitrogens with zero attached hydrogens (tertiary/aromatic N) is 2. The van der Waals surface area contributed by atoms with Gasteiger partial charge in [0.05, 0.1) is 16.8 Å². The minimum Gasteiger partial charge on any atom is -0.339 e. The summed E-state index contributed by atoms with van der Waals surface area (Å²) in [6.45, 7) is 0. The molecular formula is C24H16F4N2O2. The number of hydrogen-bond donors (Lipinski definition) is 0. The van der Waals surface area contributed by atoms with Crippen LogP contribution >= 0.6 is 0 Å². The van der Waals surface area contributed by atoms with Gasteiger partial charge in [-0.05, 0) is 48.0 Å². The molecule has 1 aliphatic heterocycles. The fourth-order valence-corrected chi connectivity index (χ4v) is 3.54. The highest BCUT2D eigenvalue weighted by Gasteiger charge is 2.43. The van der Waals surface area contributed by atoms with E-state index >= 15 is 0 Å². The molecule has 2 amide bonds. The molecule has 1 aliphatic rings. The van der Waals surface area contributed by atoms with Gasteiger partial charge in [-0.15, -0.1) is 0 Å². The van der Waals surface area contributed by atoms with Crippen molar-refractivity contribution in [2.24, 2.45) is 0 Å². The van der Waals surface area contributed by atoms with Crippen LogP contribution in [0, 0.1) is 5.82 Å². The number of imide groups is 1. The summed E-state index contributed by atoms with van der Waals surface area (Å²) in [4.78, 5) is 29.0. The van der Waals surface area contributed by atoms with Crippen LogP contribution in [0.15, 0.2) is 84.6 Å². The molecule has 0 aliphatic carbocycles. The molecule has 1 heterocycles. The number of hydrogen-bond acceptors (Lipinski definition) is 3. The fraction of sp³-hybridized carbons (Fsp3) is 0.0833. The lowest BCUT2D eigenvalue weighted by Gasteiger charge is -2.22. The van der Waals surface area contributed by atoms with Crippen molar-refractivity contribution in [3.8, 4) is 0 Å². The maximum absolute atomic E-state index is 13.5. The fourth-order valence-electron chi connectivity index (χ4n) is 3.54. The van der Waals surface area contributed by atoms with Crippen molar-refractivity contribution in [2.45, 2.75) is 6.18 Å². The first-order valence-corrected chi connectivity index (χ1v) is 9.53. The van der Waals surface area contributed by atoms with Gasteiger partial charge in [0, 0.05) is 12.7 Å². The molecule has 4 rings (SSSR count). The van der Waals surface area contributed by atoms with Crippen LogP contribution in [0.2, 0.25) is 0 Å². The number of amides is 2. The highest BCUT2D eigenvalue weighted by molar-refractivity contribution is 6.46. The number of anilines is 2. The number of alkyl halides is 3. The Bertz CT molecular complexity index is 1220. The third-order valence-corrected chi connectivity index (χ3v) is 5.10. The predicted molar refractivity (Wildman–Crippen MR) is 112 cm³/mol. The minimum atomic E-state index is -4.64. The minimum absolute atomic E-state index is 0.0229. The van der Waals surface area contributed by atoms with Crippen molar-refractivity contribution in [3.05, 3.63) is 102 Å². The molecule has 0 atom stereocenters. The SMILES string of the molecule is CN(C1=C(c2ccc(F)cc2)C(=O)N(c2cccc(C(F)(F)F)c2)C1=O)c1ccccc1. The van der Waals surface area contributed by atoms with Crippen molar-refractivity contribution in [1.29, 1.82) is 0 Å². The summed E-state index contributed by atoms with van der Waals surface area (Å²) >= 11 is 0. The van der Waals surface area contributed by atoms with Crippen LogP contribution in [0.1, 0.15) is 11.1 Å². The number of likely N-dealkylation sites (N-methyl/N-ethyl adjacent to an activating group) is 1. The van der Waals surface area contributed by atoms with E-state index in [0.29, 0.717) is 10.6 Å². The molecule has 3 aromatic carbocycles. The molecule has 0 N–H and O–H groups in total. The van der Waals surface area contributed by atoms with E-state index in [1.165, 1.54) is 23.1 Å². The van der Waals surface area contributed by atoms with Gasteiger partial charge in [-0.1, -0.05) is 36.4 Å². The lowest BCUT2D eigenvalue weighted by Crippen LogP contribution is -2.34. The molecule has 4 nitrogen and oxygen atoms in total. The summed E-state index contributed by atoms with van der Waals surface area (Å²) in [5.74, 6) is -2.10. The van der Waals surface area contributed by atoms with E-state index in [-0.39, 0.29) is 22.5 Å². The van der Waals surface area contributed by atoms with Gasteiger partial charge in [0.25, 0.3) is 11.8 Å². The second-order valence-corrected chi connectivity index (χ2v) is 7.12. The maximum Gasteiger partial charge on any atom is 0.416 e. The van der Waals surface area contributed by atoms with Gasteiger partial charge in [-0.2, -0.15) is 13.2 Å². The van der Waals surface area contributed by atoms with Crippen LogP contribution in [-0.4, -0.2) is 18.9 Å². The van der Waals surface area contributed by atoms with E-state index in [0.717, 1.165) is 30.3 Å². The number of carbonyl (C=O) groups is 2. The Balaban J connectivity index is 1.86. The maximum atomic E-state index is 13.5. The summed E-state index contributed by atoms with van der Waals surface area (Å²) in [5.41, 5.74) is -0.371. The number of halogens is 4. The number of rotatable bonds is 4. The molecule has 0 radical (unpaired) electrons. The molecule has 0 bridgehead atoms. The summed E-state index contributed by atoms with van der Waals surface area (Å²) in [6.07, 6.45) is -4.64. The Morgan fingerprint density at radius 1 is 0.812 bits per heavy atom. The average molecular weight is 440 g/mol. The molecule has 32 heavy (non-hydrogen) atoms. The van der Waals surface area contributed by atoms with Gasteiger partial charge in [-0.3, -0.25) is 9.59 Å². The average Bonchev–Trinajstić information content (AvgIpc) is 3.04. The molecule has 0 fully saturated rings. The zero-order valence-electron chi connectivity index (χ0n) is 16.7. The number of benzene rings is 3. The van der Waals surface area contributed by atoms with Crippen molar-refractivity contribution in [2.75, 3.05) is 16.8 Å². The molecule has 0 spiro atoms. The predicted octanol–water partition coefficient (Wildman–Crippen LogP) is 5.27. The summed E-state index contributed by atoms with van der Waals surface area (Å²) in [5, 5.41) is 0. The zero-order valence-corrected chi connectivity index (χ0v) is 16.7. The molecule has 0 unspecified atom stereocenters. The Morgan fingerprint density at radius 3 is 2.09 bits per heavy atom. The Kier molecular flexibility index (Phi) is 5.30. The standard InChI is InChI=1S/C24H16F4N2O2/c1-29(18-7-3-2-4-8-18)21-20(15-10-12-17(25)13-11-15)22(31)30(23(21)32)19-9-5-6-16(14-19)24(26,27)28/h2-14H,1H3. The van der Waals surface area contributed by atoms with E-state index in [1.54, 1.807) is 37.4 Å². The van der Waals surface area contributed by atoms with Gasteiger partial charge in [0.15, 0.2) is 0 Å². The second-order valence-electron chi connectivity index (χ2n) is 7.12. The first-order valence-electron chi connectivity index (χ1n) is 9.53. The molecular weight excluding hydrogens is 424 g/mol. The normalized spacial score (nSPS) is 14.3. The highest BCUT2D eigenvalue weighted by atomic mass is 19.4. The van der Waals surface area contributed by atoms with Gasteiger partial charge in [-0.25, -0.2) is 9.29 Å². The second kappa shape index (κ2) is 7.96. The summed E-state index contributed by atoms with van der Waals surface area (Å²) < 4.78 is 53.1. The number of carbonyl (C=O) groups excluding carboxylic acids is 2. The van der Waals surface area contributed by atoms with Gasteiger partial charge < -0.3 is 4.90 Å². The zero-order chi connectivity index (χ0) is 23.0. The highest BCUT2D eigenvalue weighted by Crippen LogP contribution is 2.38. The smallest absolute Gasteiger partial charge is 0.339 e. The topological polar surface area (TPSA) is 40.6 Å². The monoisotopic (exact) mass is 440 g/mol. The largest absolute Gasteiger partial charge is 0.416 e. The van der Waals surface area contributed by atoms with E-state index in [4.69, 9.17) is 0 Å². The summed E-state index contributed by atoms with van der Waals surface area (Å²) in [6, 6.07) is 17.7. The molecule has 0 aromatic heterocycles. The first-order chi connectivity index (χ1) is 15.2. The van der Waals surface area contributed by atoms with Gasteiger partial charge >= 0.3 is 6.18 Å². The lowest BCUT2D eigenvalue weighted by atomic mass is 10.0. The summed E-state index contributed by atoms with van der Waals surface area (Å²) in [7, 11) is 1.58. The van der Waals surface area contributed by atoms with Crippen molar-refractivity contribution in [3.63, 3.8) is 0 Å². The van der Waals surface area contributed by atoms with E-state index in [9.17, 15) is 27.2 Å². The van der Waals surface area contributed by atoms with Crippen molar-refractivity contribution >= 4 is 28.8 Å². The first kappa shape index (κ1) is 21.3. The van der Waals surface area contributed by atoms with Crippen LogP contribution < -0.4 is 9.80 Å². The Hall–Kier alpha value is -3.94. The quantitative estimate of drug-likeness (QED) is 0.410. The molecule has 0 saturated carbocycles. The van der Waals surface area contributed by atoms with Crippen LogP contribution in [0.25, 0.3) is 5.57 Å². The van der Waals surface area contributed by atoms with Crippen LogP contribution in [0.3, 0.4) is 0 Å². The Labute approximate surface area is 181 Å². The molecule has 8 heteroatoms. The number of para-hydroxylation sites is 1. The molecule has 0 saturated heterocycles. The van der Waals surface area contributed by atoms with Crippen LogP contribution in [0.4, 0.5) is 28.9 Å². The van der Waals surface area contributed by atoms with Gasteiger partial charge in [0.2, 0.25) is 0 Å². The van der Waals surface area contributed by atoms with Crippen LogP contribution in [-0.2, 0) is 15.8 Å². The van der Waals surface area contributed by atoms with Crippen molar-refractivity contribution in [1.82, 2.24) is 0 Å². The van der Waals surface area contributed by atoms with Crippen molar-refractivity contribution < 1.29 is 27.2 Å². The van der Waals surface area contributed by atoms with E-state index in [1.807, 2.05) is 0 Å². The van der Waals surface area contributed by atoms with E-state index in [2.05, 4.69) is 0 Å². The third kappa shape index (κ3) is 3.75. The third-order valence-electron chi connectivity index (χ3n) is 5.10. The molecule has 162 valence electrons.